The second kappa shape index (κ2) is 7.35. The van der Waals surface area contributed by atoms with Gasteiger partial charge in [-0.15, -0.1) is 11.3 Å². The Morgan fingerprint density at radius 2 is 2.04 bits per heavy atom. The van der Waals surface area contributed by atoms with Gasteiger partial charge < -0.3 is 9.84 Å². The van der Waals surface area contributed by atoms with E-state index in [1.54, 1.807) is 12.1 Å². The maximum absolute atomic E-state index is 12.9. The molecule has 0 saturated carbocycles. The standard InChI is InChI=1S/C17H16FN3O2S/c1-2-15(22)19-10-13-7-8-14(24-13)17-20-16(23-21-17)9-11-3-5-12(18)6-4-11/h3-8H,2,9-10H2,1H3,(H,19,22). The van der Waals surface area contributed by atoms with Gasteiger partial charge in [0.2, 0.25) is 17.6 Å². The van der Waals surface area contributed by atoms with Crippen LogP contribution in [0.4, 0.5) is 4.39 Å². The zero-order valence-electron chi connectivity index (χ0n) is 13.1. The summed E-state index contributed by atoms with van der Waals surface area (Å²) in [5.74, 6) is 0.744. The van der Waals surface area contributed by atoms with Crippen molar-refractivity contribution in [1.29, 1.82) is 0 Å². The van der Waals surface area contributed by atoms with Gasteiger partial charge in [-0.2, -0.15) is 4.98 Å². The van der Waals surface area contributed by atoms with Gasteiger partial charge in [-0.05, 0) is 29.8 Å². The Balaban J connectivity index is 1.66. The summed E-state index contributed by atoms with van der Waals surface area (Å²) in [6, 6.07) is 10.0. The molecule has 1 N–H and O–H groups in total. The molecule has 0 saturated heterocycles. The van der Waals surface area contributed by atoms with E-state index in [0.717, 1.165) is 15.3 Å². The highest BCUT2D eigenvalue weighted by molar-refractivity contribution is 7.15. The first-order chi connectivity index (χ1) is 11.6. The zero-order valence-corrected chi connectivity index (χ0v) is 13.9. The van der Waals surface area contributed by atoms with E-state index in [0.29, 0.717) is 31.1 Å². The number of carbonyl (C=O) groups excluding carboxylic acids is 1. The van der Waals surface area contributed by atoms with E-state index >= 15 is 0 Å². The largest absolute Gasteiger partial charge is 0.351 e. The van der Waals surface area contributed by atoms with Gasteiger partial charge in [0.05, 0.1) is 17.8 Å². The van der Waals surface area contributed by atoms with Crippen molar-refractivity contribution in [1.82, 2.24) is 15.5 Å². The summed E-state index contributed by atoms with van der Waals surface area (Å²) in [4.78, 5) is 17.6. The zero-order chi connectivity index (χ0) is 16.9. The summed E-state index contributed by atoms with van der Waals surface area (Å²) in [6.07, 6.45) is 0.924. The lowest BCUT2D eigenvalue weighted by molar-refractivity contribution is -0.120. The normalized spacial score (nSPS) is 10.8. The summed E-state index contributed by atoms with van der Waals surface area (Å²) < 4.78 is 18.2. The minimum atomic E-state index is -0.272. The van der Waals surface area contributed by atoms with Crippen LogP contribution in [0.25, 0.3) is 10.7 Å². The van der Waals surface area contributed by atoms with Crippen LogP contribution in [0.15, 0.2) is 40.9 Å². The van der Waals surface area contributed by atoms with Crippen molar-refractivity contribution in [2.45, 2.75) is 26.3 Å². The average Bonchev–Trinajstić information content (AvgIpc) is 3.24. The number of nitrogens with one attached hydrogen (secondary N) is 1. The average molecular weight is 345 g/mol. The SMILES string of the molecule is CCC(=O)NCc1ccc(-c2noc(Cc3ccc(F)cc3)n2)s1. The van der Waals surface area contributed by atoms with Crippen molar-refractivity contribution < 1.29 is 13.7 Å². The molecule has 2 heterocycles. The summed E-state index contributed by atoms with van der Waals surface area (Å²) in [5.41, 5.74) is 0.903. The molecule has 7 heteroatoms. The quantitative estimate of drug-likeness (QED) is 0.742. The van der Waals surface area contributed by atoms with Crippen LogP contribution in [0, 0.1) is 5.82 Å². The lowest BCUT2D eigenvalue weighted by Gasteiger charge is -1.99. The van der Waals surface area contributed by atoms with Crippen molar-refractivity contribution in [3.05, 3.63) is 58.5 Å². The third-order valence-corrected chi connectivity index (χ3v) is 4.48. The first-order valence-corrected chi connectivity index (χ1v) is 8.38. The number of aromatic nitrogens is 2. The van der Waals surface area contributed by atoms with Crippen LogP contribution in [0.5, 0.6) is 0 Å². The number of halogens is 1. The summed E-state index contributed by atoms with van der Waals surface area (Å²) >= 11 is 1.51. The van der Waals surface area contributed by atoms with E-state index < -0.39 is 0 Å². The lowest BCUT2D eigenvalue weighted by Crippen LogP contribution is -2.20. The molecule has 0 unspecified atom stereocenters. The number of benzene rings is 1. The van der Waals surface area contributed by atoms with Gasteiger partial charge in [0, 0.05) is 11.3 Å². The molecule has 0 aliphatic heterocycles. The molecule has 3 aromatic rings. The molecule has 124 valence electrons. The van der Waals surface area contributed by atoms with Gasteiger partial charge in [0.25, 0.3) is 0 Å². The molecular formula is C17H16FN3O2S. The van der Waals surface area contributed by atoms with Crippen LogP contribution in [-0.2, 0) is 17.8 Å². The highest BCUT2D eigenvalue weighted by atomic mass is 32.1. The second-order valence-electron chi connectivity index (χ2n) is 5.21. The van der Waals surface area contributed by atoms with Crippen molar-refractivity contribution >= 4 is 17.2 Å². The molecule has 3 rings (SSSR count). The third-order valence-electron chi connectivity index (χ3n) is 3.40. The van der Waals surface area contributed by atoms with Crippen LogP contribution in [0.1, 0.15) is 29.7 Å². The fourth-order valence-corrected chi connectivity index (χ4v) is 2.98. The van der Waals surface area contributed by atoms with Gasteiger partial charge in [0.15, 0.2) is 0 Å². The molecule has 0 atom stereocenters. The van der Waals surface area contributed by atoms with Crippen LogP contribution in [0.2, 0.25) is 0 Å². The van der Waals surface area contributed by atoms with Gasteiger partial charge >= 0.3 is 0 Å². The Labute approximate surface area is 142 Å². The number of thiophene rings is 1. The highest BCUT2D eigenvalue weighted by Gasteiger charge is 2.12. The van der Waals surface area contributed by atoms with Gasteiger partial charge in [-0.1, -0.05) is 24.2 Å². The Kier molecular flexibility index (Phi) is 5.00. The Morgan fingerprint density at radius 3 is 2.79 bits per heavy atom. The van der Waals surface area contributed by atoms with Crippen molar-refractivity contribution in [2.75, 3.05) is 0 Å². The number of hydrogen-bond acceptors (Lipinski definition) is 5. The maximum Gasteiger partial charge on any atom is 0.231 e. The molecule has 5 nitrogen and oxygen atoms in total. The van der Waals surface area contributed by atoms with Crippen molar-refractivity contribution in [2.24, 2.45) is 0 Å². The molecule has 0 spiro atoms. The van der Waals surface area contributed by atoms with Gasteiger partial charge in [-0.25, -0.2) is 4.39 Å². The van der Waals surface area contributed by atoms with E-state index in [4.69, 9.17) is 4.52 Å². The molecule has 0 bridgehead atoms. The molecule has 0 aliphatic carbocycles. The number of hydrogen-bond donors (Lipinski definition) is 1. The van der Waals surface area contributed by atoms with Crippen LogP contribution in [0.3, 0.4) is 0 Å². The Morgan fingerprint density at radius 1 is 1.25 bits per heavy atom. The fraction of sp³-hybridized carbons (Fsp3) is 0.235. The minimum Gasteiger partial charge on any atom is -0.351 e. The molecule has 1 aromatic carbocycles. The van der Waals surface area contributed by atoms with E-state index in [1.807, 2.05) is 19.1 Å². The van der Waals surface area contributed by atoms with Crippen molar-refractivity contribution in [3.8, 4) is 10.7 Å². The molecule has 0 radical (unpaired) electrons. The molecule has 24 heavy (non-hydrogen) atoms. The van der Waals surface area contributed by atoms with Crippen LogP contribution >= 0.6 is 11.3 Å². The maximum atomic E-state index is 12.9. The molecule has 0 fully saturated rings. The number of rotatable bonds is 6. The molecule has 0 aliphatic rings. The van der Waals surface area contributed by atoms with E-state index in [-0.39, 0.29) is 11.7 Å². The van der Waals surface area contributed by atoms with Crippen LogP contribution in [-0.4, -0.2) is 16.0 Å². The smallest absolute Gasteiger partial charge is 0.231 e. The van der Waals surface area contributed by atoms with E-state index in [1.165, 1.54) is 23.5 Å². The van der Waals surface area contributed by atoms with Gasteiger partial charge in [-0.3, -0.25) is 4.79 Å². The summed E-state index contributed by atoms with van der Waals surface area (Å²) in [6.45, 7) is 2.31. The lowest BCUT2D eigenvalue weighted by atomic mass is 10.1. The fourth-order valence-electron chi connectivity index (χ4n) is 2.11. The predicted octanol–water partition coefficient (Wildman–Crippen LogP) is 3.55. The molecular weight excluding hydrogens is 329 g/mol. The summed E-state index contributed by atoms with van der Waals surface area (Å²) in [5, 5.41) is 6.82. The van der Waals surface area contributed by atoms with E-state index in [9.17, 15) is 9.18 Å². The van der Waals surface area contributed by atoms with Crippen molar-refractivity contribution in [3.63, 3.8) is 0 Å². The number of amides is 1. The molecule has 1 amide bonds. The first-order valence-electron chi connectivity index (χ1n) is 7.57. The topological polar surface area (TPSA) is 68.0 Å². The number of carbonyl (C=O) groups is 1. The second-order valence-corrected chi connectivity index (χ2v) is 6.38. The van der Waals surface area contributed by atoms with Gasteiger partial charge in [0.1, 0.15) is 5.82 Å². The minimum absolute atomic E-state index is 0.0195. The predicted molar refractivity (Wildman–Crippen MR) is 89.0 cm³/mol. The number of nitrogens with zero attached hydrogens (tertiary/aromatic N) is 2. The van der Waals surface area contributed by atoms with Crippen LogP contribution < -0.4 is 5.32 Å². The third kappa shape index (κ3) is 4.05. The Hall–Kier alpha value is -2.54. The first kappa shape index (κ1) is 16.3. The monoisotopic (exact) mass is 345 g/mol. The van der Waals surface area contributed by atoms with E-state index in [2.05, 4.69) is 15.5 Å². The summed E-state index contributed by atoms with van der Waals surface area (Å²) in [7, 11) is 0. The Bertz CT molecular complexity index is 826. The highest BCUT2D eigenvalue weighted by Crippen LogP contribution is 2.26. The molecule has 2 aromatic heterocycles.